The summed E-state index contributed by atoms with van der Waals surface area (Å²) in [6.45, 7) is 4.54. The highest BCUT2D eigenvalue weighted by Gasteiger charge is 2.18. The molecule has 0 saturated heterocycles. The van der Waals surface area contributed by atoms with Crippen molar-refractivity contribution in [3.05, 3.63) is 70.3 Å². The van der Waals surface area contributed by atoms with E-state index in [0.717, 1.165) is 30.3 Å². The summed E-state index contributed by atoms with van der Waals surface area (Å²) in [6.07, 6.45) is 2.95. The molecule has 172 valence electrons. The van der Waals surface area contributed by atoms with Gasteiger partial charge in [0.05, 0.1) is 22.7 Å². The van der Waals surface area contributed by atoms with E-state index in [1.807, 2.05) is 29.5 Å². The molecule has 2 aromatic heterocycles. The smallest absolute Gasteiger partial charge is 0.262 e. The number of halogens is 1. The van der Waals surface area contributed by atoms with Crippen molar-refractivity contribution in [3.8, 4) is 0 Å². The van der Waals surface area contributed by atoms with Gasteiger partial charge in [0.1, 0.15) is 5.82 Å². The van der Waals surface area contributed by atoms with Crippen LogP contribution in [0.25, 0.3) is 16.7 Å². The molecule has 0 aliphatic rings. The highest BCUT2D eigenvalue weighted by Crippen LogP contribution is 2.22. The number of nitrogens with zero attached hydrogens (tertiary/aromatic N) is 4. The van der Waals surface area contributed by atoms with Gasteiger partial charge in [-0.1, -0.05) is 55.8 Å². The van der Waals surface area contributed by atoms with Crippen LogP contribution in [0.1, 0.15) is 44.7 Å². The van der Waals surface area contributed by atoms with Crippen LogP contribution < -0.4 is 10.9 Å². The Kier molecular flexibility index (Phi) is 7.08. The number of carbonyl (C=O) groups is 1. The summed E-state index contributed by atoms with van der Waals surface area (Å²) < 4.78 is 16.7. The molecule has 0 aliphatic carbocycles. The Hall–Kier alpha value is -3.20. The van der Waals surface area contributed by atoms with E-state index >= 15 is 0 Å². The molecule has 0 bridgehead atoms. The third kappa shape index (κ3) is 4.93. The first-order chi connectivity index (χ1) is 16.0. The molecular weight excluding hydrogens is 441 g/mol. The van der Waals surface area contributed by atoms with Crippen LogP contribution in [0.15, 0.2) is 58.5 Å². The summed E-state index contributed by atoms with van der Waals surface area (Å²) in [4.78, 5) is 25.6. The van der Waals surface area contributed by atoms with Gasteiger partial charge in [0, 0.05) is 6.54 Å². The molecule has 0 spiro atoms. The summed E-state index contributed by atoms with van der Waals surface area (Å²) in [7, 11) is 0. The normalized spacial score (nSPS) is 12.3. The monoisotopic (exact) mass is 467 g/mol. The highest BCUT2D eigenvalue weighted by molar-refractivity contribution is 7.99. The number of rotatable bonds is 9. The van der Waals surface area contributed by atoms with Crippen molar-refractivity contribution in [1.29, 1.82) is 0 Å². The van der Waals surface area contributed by atoms with Crippen LogP contribution in [0.4, 0.5) is 4.39 Å². The number of unbranched alkanes of at least 4 members (excludes halogenated alkanes) is 2. The summed E-state index contributed by atoms with van der Waals surface area (Å²) in [5, 5.41) is 12.6. The second-order valence-corrected chi connectivity index (χ2v) is 8.87. The zero-order valence-corrected chi connectivity index (χ0v) is 19.4. The lowest BCUT2D eigenvalue weighted by Crippen LogP contribution is -2.28. The zero-order valence-electron chi connectivity index (χ0n) is 18.6. The van der Waals surface area contributed by atoms with Crippen molar-refractivity contribution >= 4 is 34.3 Å². The lowest BCUT2D eigenvalue weighted by atomic mass is 10.1. The van der Waals surface area contributed by atoms with Crippen molar-refractivity contribution in [2.75, 3.05) is 5.75 Å². The van der Waals surface area contributed by atoms with Crippen LogP contribution in [0.5, 0.6) is 0 Å². The third-order valence-electron chi connectivity index (χ3n) is 5.54. The number of aromatic nitrogens is 4. The fourth-order valence-corrected chi connectivity index (χ4v) is 4.55. The summed E-state index contributed by atoms with van der Waals surface area (Å²) >= 11 is 1.26. The first kappa shape index (κ1) is 23.0. The fourth-order valence-electron chi connectivity index (χ4n) is 3.80. The predicted octanol–water partition coefficient (Wildman–Crippen LogP) is 4.34. The first-order valence-corrected chi connectivity index (χ1v) is 12.0. The second kappa shape index (κ2) is 10.2. The third-order valence-corrected chi connectivity index (χ3v) is 6.47. The molecule has 1 N–H and O–H groups in total. The number of amides is 1. The van der Waals surface area contributed by atoms with E-state index in [0.29, 0.717) is 22.9 Å². The van der Waals surface area contributed by atoms with E-state index in [4.69, 9.17) is 0 Å². The molecule has 4 aromatic rings. The van der Waals surface area contributed by atoms with Crippen LogP contribution >= 0.6 is 11.8 Å². The molecule has 1 atom stereocenters. The van der Waals surface area contributed by atoms with Crippen molar-refractivity contribution in [1.82, 2.24) is 24.5 Å². The molecular formula is C24H26FN5O2S. The molecule has 33 heavy (non-hydrogen) atoms. The Morgan fingerprint density at radius 1 is 1.12 bits per heavy atom. The van der Waals surface area contributed by atoms with Gasteiger partial charge < -0.3 is 5.32 Å². The van der Waals surface area contributed by atoms with Gasteiger partial charge in [0.2, 0.25) is 11.7 Å². The van der Waals surface area contributed by atoms with Crippen molar-refractivity contribution in [2.24, 2.45) is 0 Å². The summed E-state index contributed by atoms with van der Waals surface area (Å²) in [5.74, 6) is 0.133. The Morgan fingerprint density at radius 2 is 1.88 bits per heavy atom. The number of benzene rings is 2. The van der Waals surface area contributed by atoms with E-state index in [2.05, 4.69) is 22.4 Å². The molecule has 4 rings (SSSR count). The molecule has 0 saturated carbocycles. The summed E-state index contributed by atoms with van der Waals surface area (Å²) in [5.41, 5.74) is 1.46. The minimum absolute atomic E-state index is 0.0796. The second-order valence-electron chi connectivity index (χ2n) is 7.93. The topological polar surface area (TPSA) is 81.3 Å². The minimum Gasteiger partial charge on any atom is -0.349 e. The maximum absolute atomic E-state index is 13.1. The van der Waals surface area contributed by atoms with Crippen LogP contribution in [-0.4, -0.2) is 30.8 Å². The van der Waals surface area contributed by atoms with E-state index in [1.54, 1.807) is 22.8 Å². The molecule has 9 heteroatoms. The Morgan fingerprint density at radius 3 is 2.64 bits per heavy atom. The van der Waals surface area contributed by atoms with Gasteiger partial charge in [-0.2, -0.15) is 0 Å². The average molecular weight is 468 g/mol. The number of hydrogen-bond acceptors (Lipinski definition) is 5. The van der Waals surface area contributed by atoms with Gasteiger partial charge >= 0.3 is 0 Å². The van der Waals surface area contributed by atoms with Gasteiger partial charge in [-0.15, -0.1) is 10.2 Å². The summed E-state index contributed by atoms with van der Waals surface area (Å²) in [6, 6.07) is 13.2. The Bertz CT molecular complexity index is 1330. The number of para-hydroxylation sites is 1. The standard InChI is InChI=1S/C24H26FN5O2S/c1-3-4-7-14-29-22(32)19-8-5-6-9-20(19)30-23(29)27-28-24(30)33-15-21(31)26-16(2)17-10-12-18(25)13-11-17/h5-6,8-13,16H,3-4,7,14-15H2,1-2H3,(H,26,31). The zero-order chi connectivity index (χ0) is 23.4. The number of nitrogens with one attached hydrogen (secondary N) is 1. The van der Waals surface area contributed by atoms with Crippen LogP contribution in [0.2, 0.25) is 0 Å². The van der Waals surface area contributed by atoms with Crippen molar-refractivity contribution in [3.63, 3.8) is 0 Å². The van der Waals surface area contributed by atoms with Crippen LogP contribution in [0, 0.1) is 5.82 Å². The molecule has 0 radical (unpaired) electrons. The van der Waals surface area contributed by atoms with Crippen LogP contribution in [-0.2, 0) is 11.3 Å². The van der Waals surface area contributed by atoms with Crippen molar-refractivity contribution < 1.29 is 9.18 Å². The molecule has 1 amide bonds. The molecule has 7 nitrogen and oxygen atoms in total. The quantitative estimate of drug-likeness (QED) is 0.293. The lowest BCUT2D eigenvalue weighted by Gasteiger charge is -2.14. The molecule has 1 unspecified atom stereocenters. The number of hydrogen-bond donors (Lipinski definition) is 1. The average Bonchev–Trinajstić information content (AvgIpc) is 3.24. The molecule has 0 aliphatic heterocycles. The first-order valence-electron chi connectivity index (χ1n) is 11.0. The van der Waals surface area contributed by atoms with Gasteiger partial charge in [-0.3, -0.25) is 18.6 Å². The maximum Gasteiger partial charge on any atom is 0.262 e. The van der Waals surface area contributed by atoms with Crippen LogP contribution in [0.3, 0.4) is 0 Å². The Labute approximate surface area is 195 Å². The largest absolute Gasteiger partial charge is 0.349 e. The number of fused-ring (bicyclic) bond motifs is 3. The van der Waals surface area contributed by atoms with Crippen molar-refractivity contribution in [2.45, 2.75) is 50.9 Å². The molecule has 0 fully saturated rings. The van der Waals surface area contributed by atoms with Gasteiger partial charge in [0.15, 0.2) is 5.16 Å². The lowest BCUT2D eigenvalue weighted by molar-refractivity contribution is -0.119. The van der Waals surface area contributed by atoms with Gasteiger partial charge in [-0.05, 0) is 43.2 Å². The maximum atomic E-state index is 13.1. The van der Waals surface area contributed by atoms with Gasteiger partial charge in [-0.25, -0.2) is 4.39 Å². The molecule has 2 heterocycles. The minimum atomic E-state index is -0.313. The molecule has 2 aromatic carbocycles. The highest BCUT2D eigenvalue weighted by atomic mass is 32.2. The predicted molar refractivity (Wildman–Crippen MR) is 128 cm³/mol. The number of carbonyl (C=O) groups excluding carboxylic acids is 1. The van der Waals surface area contributed by atoms with E-state index in [9.17, 15) is 14.0 Å². The van der Waals surface area contributed by atoms with E-state index in [1.165, 1.54) is 23.9 Å². The number of thioether (sulfide) groups is 1. The van der Waals surface area contributed by atoms with E-state index < -0.39 is 0 Å². The SMILES string of the molecule is CCCCCn1c(=O)c2ccccc2n2c(SCC(=O)NC(C)c3ccc(F)cc3)nnc12. The Balaban J connectivity index is 1.57. The fraction of sp³-hybridized carbons (Fsp3) is 0.333. The number of aryl methyl sites for hydroxylation is 1. The van der Waals surface area contributed by atoms with E-state index in [-0.39, 0.29) is 29.1 Å². The van der Waals surface area contributed by atoms with Gasteiger partial charge in [0.25, 0.3) is 5.56 Å².